The third-order valence-electron chi connectivity index (χ3n) is 7.19. The third-order valence-corrected chi connectivity index (χ3v) is 7.19. The van der Waals surface area contributed by atoms with Crippen LogP contribution in [0.4, 0.5) is 10.1 Å². The smallest absolute Gasteiger partial charge is 0.152 e. The lowest BCUT2D eigenvalue weighted by atomic mass is 9.87. The predicted octanol–water partition coefficient (Wildman–Crippen LogP) is 8.19. The standard InChI is InChI=1S/C21H19FN2.C14H14N2O.CH5N/c1-13-6-3-4-8-16(13)20-14(2)7-5-9-17(20)21-23-18-11-10-15(22)12-19(18)24-21;1-11-5-6-12(10-17)14(8-11)16-9-13-4-2-3-7-15-13;1-2/h4-5,7-12H,3,6H2,1-2H3,(H,23,24);2-8,10,16H,9H2,1H3;2H2,1H3. The number of allylic oxidation sites excluding steroid dienone is 4. The van der Waals surface area contributed by atoms with Gasteiger partial charge in [-0.15, -0.1) is 0 Å². The molecule has 2 aromatic heterocycles. The number of aromatic nitrogens is 3. The number of nitrogens with one attached hydrogen (secondary N) is 2. The largest absolute Gasteiger partial charge is 0.379 e. The van der Waals surface area contributed by atoms with Crippen LogP contribution < -0.4 is 11.1 Å². The molecule has 0 saturated heterocycles. The zero-order valence-corrected chi connectivity index (χ0v) is 25.1. The van der Waals surface area contributed by atoms with Gasteiger partial charge in [0.2, 0.25) is 0 Å². The number of aryl methyl sites for hydroxylation is 2. The molecule has 0 spiro atoms. The van der Waals surface area contributed by atoms with Crippen molar-refractivity contribution in [2.45, 2.75) is 40.2 Å². The van der Waals surface area contributed by atoms with Crippen LogP contribution in [0.3, 0.4) is 0 Å². The Labute approximate surface area is 252 Å². The third kappa shape index (κ3) is 7.70. The minimum Gasteiger partial charge on any atom is -0.379 e. The molecule has 5 aromatic rings. The number of halogens is 1. The molecule has 3 aromatic carbocycles. The first kappa shape index (κ1) is 31.1. The Morgan fingerprint density at radius 3 is 2.58 bits per heavy atom. The van der Waals surface area contributed by atoms with E-state index in [1.54, 1.807) is 12.3 Å². The number of nitrogens with zero attached hydrogens (tertiary/aromatic N) is 2. The predicted molar refractivity (Wildman–Crippen MR) is 175 cm³/mol. The van der Waals surface area contributed by atoms with Gasteiger partial charge in [-0.1, -0.05) is 48.1 Å². The number of fused-ring (bicyclic) bond motifs is 1. The van der Waals surface area contributed by atoms with Crippen LogP contribution in [0.2, 0.25) is 0 Å². The maximum atomic E-state index is 13.5. The van der Waals surface area contributed by atoms with Crippen LogP contribution >= 0.6 is 0 Å². The van der Waals surface area contributed by atoms with Gasteiger partial charge >= 0.3 is 0 Å². The fraction of sp³-hybridized carbons (Fsp3) is 0.194. The van der Waals surface area contributed by atoms with Gasteiger partial charge in [-0.2, -0.15) is 0 Å². The highest BCUT2D eigenvalue weighted by molar-refractivity contribution is 5.89. The molecule has 0 amide bonds. The number of aromatic amines is 1. The second kappa shape index (κ2) is 14.8. The first-order chi connectivity index (χ1) is 20.9. The minimum absolute atomic E-state index is 0.254. The van der Waals surface area contributed by atoms with Gasteiger partial charge in [0.05, 0.1) is 23.3 Å². The molecule has 0 aliphatic heterocycles. The van der Waals surface area contributed by atoms with Gasteiger partial charge in [0.15, 0.2) is 6.29 Å². The van der Waals surface area contributed by atoms with E-state index in [2.05, 4.69) is 64.1 Å². The number of carbonyl (C=O) groups excluding carboxylic acids is 1. The summed E-state index contributed by atoms with van der Waals surface area (Å²) >= 11 is 0. The van der Waals surface area contributed by atoms with E-state index in [0.29, 0.717) is 12.1 Å². The number of hydrogen-bond donors (Lipinski definition) is 3. The molecule has 0 radical (unpaired) electrons. The number of nitrogens with two attached hydrogens (primary N) is 1. The average Bonchev–Trinajstić information content (AvgIpc) is 3.45. The molecular formula is C36H38FN5O. The number of rotatable bonds is 6. The Kier molecular flexibility index (Phi) is 10.7. The lowest BCUT2D eigenvalue weighted by molar-refractivity contribution is 0.112. The van der Waals surface area contributed by atoms with Gasteiger partial charge in [-0.3, -0.25) is 9.78 Å². The van der Waals surface area contributed by atoms with Crippen molar-refractivity contribution >= 4 is 28.6 Å². The number of carbonyl (C=O) groups is 1. The average molecular weight is 576 g/mol. The first-order valence-electron chi connectivity index (χ1n) is 14.3. The SMILES string of the molecule is CC1=C(c2c(C)cccc2-c2nc3ccc(F)cc3[nH]2)C=CCC1.CN.Cc1ccc(C=O)c(NCc2ccccn2)c1. The van der Waals surface area contributed by atoms with Crippen LogP contribution in [0.15, 0.2) is 96.7 Å². The Morgan fingerprint density at radius 2 is 1.84 bits per heavy atom. The van der Waals surface area contributed by atoms with E-state index < -0.39 is 0 Å². The molecule has 1 aliphatic carbocycles. The lowest BCUT2D eigenvalue weighted by Gasteiger charge is -2.18. The summed E-state index contributed by atoms with van der Waals surface area (Å²) in [6.07, 6.45) is 9.25. The zero-order valence-electron chi connectivity index (χ0n) is 25.1. The van der Waals surface area contributed by atoms with Crippen LogP contribution in [0.25, 0.3) is 28.0 Å². The maximum absolute atomic E-state index is 13.5. The maximum Gasteiger partial charge on any atom is 0.152 e. The van der Waals surface area contributed by atoms with Gasteiger partial charge in [0.25, 0.3) is 0 Å². The Morgan fingerprint density at radius 1 is 1.00 bits per heavy atom. The van der Waals surface area contributed by atoms with Crippen molar-refractivity contribution in [2.75, 3.05) is 12.4 Å². The first-order valence-corrected chi connectivity index (χ1v) is 14.3. The molecule has 220 valence electrons. The number of anilines is 1. The fourth-order valence-corrected chi connectivity index (χ4v) is 5.02. The molecule has 2 heterocycles. The summed E-state index contributed by atoms with van der Waals surface area (Å²) in [6.45, 7) is 6.94. The number of H-pyrrole nitrogens is 1. The van der Waals surface area contributed by atoms with E-state index >= 15 is 0 Å². The molecule has 0 atom stereocenters. The van der Waals surface area contributed by atoms with Crippen LogP contribution in [-0.2, 0) is 6.54 Å². The Hall–Kier alpha value is -4.88. The summed E-state index contributed by atoms with van der Waals surface area (Å²) in [6, 6.07) is 22.4. The van der Waals surface area contributed by atoms with E-state index in [-0.39, 0.29) is 5.82 Å². The topological polar surface area (TPSA) is 96.7 Å². The van der Waals surface area contributed by atoms with Gasteiger partial charge < -0.3 is 16.0 Å². The molecule has 7 heteroatoms. The summed E-state index contributed by atoms with van der Waals surface area (Å²) in [5.74, 6) is 0.532. The van der Waals surface area contributed by atoms with E-state index in [4.69, 9.17) is 0 Å². The molecule has 0 fully saturated rings. The molecule has 43 heavy (non-hydrogen) atoms. The highest BCUT2D eigenvalue weighted by atomic mass is 19.1. The molecule has 0 bridgehead atoms. The zero-order chi connectivity index (χ0) is 30.8. The number of hydrogen-bond acceptors (Lipinski definition) is 5. The van der Waals surface area contributed by atoms with Crippen LogP contribution in [0, 0.1) is 19.7 Å². The second-order valence-electron chi connectivity index (χ2n) is 10.3. The van der Waals surface area contributed by atoms with Crippen LogP contribution in [0.1, 0.15) is 52.5 Å². The summed E-state index contributed by atoms with van der Waals surface area (Å²) in [7, 11) is 1.50. The molecule has 6 nitrogen and oxygen atoms in total. The monoisotopic (exact) mass is 575 g/mol. The molecule has 4 N–H and O–H groups in total. The summed E-state index contributed by atoms with van der Waals surface area (Å²) in [4.78, 5) is 23.1. The van der Waals surface area contributed by atoms with Crippen molar-refractivity contribution in [1.82, 2.24) is 15.0 Å². The van der Waals surface area contributed by atoms with E-state index in [9.17, 15) is 9.18 Å². The Bertz CT molecular complexity index is 1750. The number of pyridine rings is 1. The van der Waals surface area contributed by atoms with E-state index in [1.165, 1.54) is 41.5 Å². The van der Waals surface area contributed by atoms with Crippen molar-refractivity contribution in [1.29, 1.82) is 0 Å². The number of benzene rings is 3. The van der Waals surface area contributed by atoms with Gasteiger partial charge in [-0.05, 0) is 105 Å². The van der Waals surface area contributed by atoms with E-state index in [0.717, 1.165) is 58.5 Å². The fourth-order valence-electron chi connectivity index (χ4n) is 5.02. The minimum atomic E-state index is -0.254. The van der Waals surface area contributed by atoms with Crippen LogP contribution in [0.5, 0.6) is 0 Å². The quantitative estimate of drug-likeness (QED) is 0.177. The van der Waals surface area contributed by atoms with Crippen molar-refractivity contribution in [3.63, 3.8) is 0 Å². The van der Waals surface area contributed by atoms with Gasteiger partial charge in [0.1, 0.15) is 11.6 Å². The summed E-state index contributed by atoms with van der Waals surface area (Å²) in [5.41, 5.74) is 15.8. The van der Waals surface area contributed by atoms with Crippen LogP contribution in [-0.4, -0.2) is 28.3 Å². The molecule has 1 aliphatic rings. The summed E-state index contributed by atoms with van der Waals surface area (Å²) in [5, 5.41) is 3.23. The normalized spacial score (nSPS) is 12.2. The second-order valence-corrected chi connectivity index (χ2v) is 10.3. The molecular weight excluding hydrogens is 537 g/mol. The van der Waals surface area contributed by atoms with Crippen molar-refractivity contribution in [3.05, 3.63) is 130 Å². The molecule has 0 saturated carbocycles. The molecule has 6 rings (SSSR count). The number of aldehydes is 1. The summed E-state index contributed by atoms with van der Waals surface area (Å²) < 4.78 is 13.5. The van der Waals surface area contributed by atoms with E-state index in [1.807, 2.05) is 49.4 Å². The van der Waals surface area contributed by atoms with Gasteiger partial charge in [-0.25, -0.2) is 9.37 Å². The number of imidazole rings is 1. The van der Waals surface area contributed by atoms with Crippen molar-refractivity contribution in [2.24, 2.45) is 5.73 Å². The van der Waals surface area contributed by atoms with Gasteiger partial charge in [0, 0.05) is 23.0 Å². The lowest BCUT2D eigenvalue weighted by Crippen LogP contribution is -2.03. The van der Waals surface area contributed by atoms with Crippen molar-refractivity contribution < 1.29 is 9.18 Å². The Balaban J connectivity index is 0.000000197. The van der Waals surface area contributed by atoms with Crippen molar-refractivity contribution in [3.8, 4) is 11.4 Å². The highest BCUT2D eigenvalue weighted by Crippen LogP contribution is 2.36. The highest BCUT2D eigenvalue weighted by Gasteiger charge is 2.17. The molecule has 0 unspecified atom stereocenters.